The van der Waals surface area contributed by atoms with Gasteiger partial charge in [-0.1, -0.05) is 119 Å². The van der Waals surface area contributed by atoms with Crippen LogP contribution in [0.25, 0.3) is 0 Å². The maximum Gasteiger partial charge on any atom is 0.123 e. The second kappa shape index (κ2) is 8.88. The molecule has 0 aliphatic rings. The Morgan fingerprint density at radius 2 is 0.742 bits per heavy atom. The van der Waals surface area contributed by atoms with Crippen molar-refractivity contribution in [3.8, 4) is 11.5 Å². The molecule has 2 nitrogen and oxygen atoms in total. The Bertz CT molecular complexity index is 825. The van der Waals surface area contributed by atoms with Gasteiger partial charge in [0.05, 0.1) is 0 Å². The van der Waals surface area contributed by atoms with Crippen molar-refractivity contribution in [3.63, 3.8) is 0 Å². The van der Waals surface area contributed by atoms with Crippen LogP contribution in [0.15, 0.2) is 30.3 Å². The van der Waals surface area contributed by atoms with Crippen molar-refractivity contribution in [1.29, 1.82) is 0 Å². The minimum atomic E-state index is -0.0178. The summed E-state index contributed by atoms with van der Waals surface area (Å²) in [5.41, 5.74) is 5.29. The van der Waals surface area contributed by atoms with E-state index in [9.17, 15) is 10.2 Å². The molecule has 0 aromatic heterocycles. The summed E-state index contributed by atoms with van der Waals surface area (Å²) in [7, 11) is 0. The molecule has 0 radical (unpaired) electrons. The van der Waals surface area contributed by atoms with Crippen LogP contribution in [-0.2, 0) is 21.7 Å². The van der Waals surface area contributed by atoms with E-state index in [0.717, 1.165) is 22.3 Å². The summed E-state index contributed by atoms with van der Waals surface area (Å²) in [6, 6.07) is 10.2. The Kier molecular flexibility index (Phi) is 7.76. The van der Waals surface area contributed by atoms with Crippen LogP contribution in [0.5, 0.6) is 11.5 Å². The van der Waals surface area contributed by atoms with Gasteiger partial charge in [-0.25, -0.2) is 0 Å². The smallest absolute Gasteiger partial charge is 0.123 e. The topological polar surface area (TPSA) is 40.5 Å². The quantitative estimate of drug-likeness (QED) is 0.445. The van der Waals surface area contributed by atoms with Gasteiger partial charge in [0.25, 0.3) is 0 Å². The molecule has 0 saturated carbocycles. The van der Waals surface area contributed by atoms with Gasteiger partial charge in [0.15, 0.2) is 0 Å². The molecule has 0 amide bonds. The van der Waals surface area contributed by atoms with Gasteiger partial charge >= 0.3 is 0 Å². The number of benzene rings is 2. The van der Waals surface area contributed by atoms with E-state index in [0.29, 0.717) is 11.5 Å². The van der Waals surface area contributed by atoms with Crippen LogP contribution >= 0.6 is 0 Å². The van der Waals surface area contributed by atoms with E-state index in [4.69, 9.17) is 0 Å². The van der Waals surface area contributed by atoms with Gasteiger partial charge in [0.1, 0.15) is 11.5 Å². The van der Waals surface area contributed by atoms with Crippen molar-refractivity contribution in [2.75, 3.05) is 0 Å². The fourth-order valence-electron chi connectivity index (χ4n) is 3.68. The molecule has 2 rings (SSSR count). The number of aromatic hydroxyl groups is 2. The fraction of sp³-hybridized carbons (Fsp3) is 0.586. The Morgan fingerprint density at radius 1 is 0.484 bits per heavy atom. The van der Waals surface area contributed by atoms with E-state index < -0.39 is 0 Å². The molecule has 0 heterocycles. The number of phenols is 2. The lowest BCUT2D eigenvalue weighted by atomic mass is 9.78. The standard InChI is InChI=1S/C15H24O.C14H22O/c1-10-8-11(14(2,3)4)13(16)12(9-10)15(5,6)7;1-13(2,3)10-8-7-9-11(12(10)15)14(4,5)6/h8-9,16H,1-7H3;7-9,15H,1-6H3. The summed E-state index contributed by atoms with van der Waals surface area (Å²) in [6.07, 6.45) is 0. The van der Waals surface area contributed by atoms with E-state index in [1.807, 2.05) is 18.2 Å². The monoisotopic (exact) mass is 426 g/mol. The highest BCUT2D eigenvalue weighted by Gasteiger charge is 2.26. The van der Waals surface area contributed by atoms with Gasteiger partial charge in [-0.2, -0.15) is 0 Å². The van der Waals surface area contributed by atoms with Crippen LogP contribution in [0.3, 0.4) is 0 Å². The summed E-state index contributed by atoms with van der Waals surface area (Å²) in [5, 5.41) is 20.6. The zero-order valence-corrected chi connectivity index (χ0v) is 22.3. The molecule has 0 aliphatic heterocycles. The van der Waals surface area contributed by atoms with E-state index in [2.05, 4.69) is 102 Å². The van der Waals surface area contributed by atoms with Crippen molar-refractivity contribution in [2.45, 2.75) is 112 Å². The second-order valence-corrected chi connectivity index (χ2v) is 12.9. The molecule has 2 aromatic carbocycles. The lowest BCUT2D eigenvalue weighted by Gasteiger charge is -2.27. The molecular formula is C29H46O2. The van der Waals surface area contributed by atoms with E-state index in [-0.39, 0.29) is 21.7 Å². The molecule has 0 aliphatic carbocycles. The third kappa shape index (κ3) is 7.02. The predicted octanol–water partition coefficient (Wildman–Crippen LogP) is 8.28. The molecule has 174 valence electrons. The molecule has 2 aromatic rings. The highest BCUT2D eigenvalue weighted by atomic mass is 16.3. The number of aryl methyl sites for hydroxylation is 1. The van der Waals surface area contributed by atoms with E-state index >= 15 is 0 Å². The van der Waals surface area contributed by atoms with Gasteiger partial charge in [-0.15, -0.1) is 0 Å². The zero-order chi connectivity index (χ0) is 24.6. The minimum absolute atomic E-state index is 0.00859. The molecule has 2 heteroatoms. The van der Waals surface area contributed by atoms with Crippen molar-refractivity contribution in [1.82, 2.24) is 0 Å². The van der Waals surface area contributed by atoms with Crippen molar-refractivity contribution in [3.05, 3.63) is 58.1 Å². The fourth-order valence-corrected chi connectivity index (χ4v) is 3.68. The number of rotatable bonds is 0. The van der Waals surface area contributed by atoms with Crippen molar-refractivity contribution in [2.24, 2.45) is 0 Å². The summed E-state index contributed by atoms with van der Waals surface area (Å²) in [6.45, 7) is 27.6. The average Bonchev–Trinajstić information content (AvgIpc) is 2.53. The zero-order valence-electron chi connectivity index (χ0n) is 22.3. The number of hydrogen-bond acceptors (Lipinski definition) is 2. The molecule has 0 saturated heterocycles. The molecule has 0 bridgehead atoms. The highest BCUT2D eigenvalue weighted by molar-refractivity contribution is 5.49. The maximum atomic E-state index is 10.4. The molecular weight excluding hydrogens is 380 g/mol. The molecule has 0 spiro atoms. The Labute approximate surface area is 191 Å². The summed E-state index contributed by atoms with van der Waals surface area (Å²) in [5.74, 6) is 0.920. The summed E-state index contributed by atoms with van der Waals surface area (Å²) in [4.78, 5) is 0. The first-order valence-electron chi connectivity index (χ1n) is 11.3. The molecule has 31 heavy (non-hydrogen) atoms. The van der Waals surface area contributed by atoms with Crippen molar-refractivity contribution >= 4 is 0 Å². The molecule has 0 fully saturated rings. The largest absolute Gasteiger partial charge is 0.507 e. The Balaban J connectivity index is 0.000000311. The minimum Gasteiger partial charge on any atom is -0.507 e. The Hall–Kier alpha value is -1.96. The molecule has 0 unspecified atom stereocenters. The maximum absolute atomic E-state index is 10.4. The lowest BCUT2D eigenvalue weighted by Crippen LogP contribution is -2.17. The van der Waals surface area contributed by atoms with E-state index in [1.165, 1.54) is 5.56 Å². The van der Waals surface area contributed by atoms with Crippen LogP contribution in [-0.4, -0.2) is 10.2 Å². The molecule has 2 N–H and O–H groups in total. The van der Waals surface area contributed by atoms with Crippen LogP contribution in [0.1, 0.15) is 111 Å². The van der Waals surface area contributed by atoms with Crippen LogP contribution < -0.4 is 0 Å². The highest BCUT2D eigenvalue weighted by Crippen LogP contribution is 2.40. The summed E-state index contributed by atoms with van der Waals surface area (Å²) >= 11 is 0. The van der Waals surface area contributed by atoms with Gasteiger partial charge in [0.2, 0.25) is 0 Å². The van der Waals surface area contributed by atoms with Gasteiger partial charge in [-0.05, 0) is 50.8 Å². The third-order valence-electron chi connectivity index (χ3n) is 5.52. The predicted molar refractivity (Wildman–Crippen MR) is 136 cm³/mol. The Morgan fingerprint density at radius 3 is 1.00 bits per heavy atom. The van der Waals surface area contributed by atoms with Crippen LogP contribution in [0, 0.1) is 6.92 Å². The number of para-hydroxylation sites is 1. The number of hydrogen-bond donors (Lipinski definition) is 2. The number of phenolic OH excluding ortho intramolecular Hbond substituents is 2. The first-order chi connectivity index (χ1) is 13.7. The lowest BCUT2D eigenvalue weighted by molar-refractivity contribution is 0.422. The van der Waals surface area contributed by atoms with Gasteiger partial charge in [-0.3, -0.25) is 0 Å². The average molecular weight is 427 g/mol. The van der Waals surface area contributed by atoms with Crippen molar-refractivity contribution < 1.29 is 10.2 Å². The third-order valence-corrected chi connectivity index (χ3v) is 5.52. The van der Waals surface area contributed by atoms with Crippen LogP contribution in [0.2, 0.25) is 0 Å². The second-order valence-electron chi connectivity index (χ2n) is 12.9. The first kappa shape index (κ1) is 27.1. The first-order valence-corrected chi connectivity index (χ1v) is 11.3. The van der Waals surface area contributed by atoms with Gasteiger partial charge < -0.3 is 10.2 Å². The SMILES string of the molecule is CC(C)(C)c1cccc(C(C)(C)C)c1O.Cc1cc(C(C)(C)C)c(O)c(C(C)(C)C)c1. The van der Waals surface area contributed by atoms with E-state index in [1.54, 1.807) is 0 Å². The summed E-state index contributed by atoms with van der Waals surface area (Å²) < 4.78 is 0. The van der Waals surface area contributed by atoms with Crippen LogP contribution in [0.4, 0.5) is 0 Å². The normalized spacial score (nSPS) is 12.9. The van der Waals surface area contributed by atoms with Gasteiger partial charge in [0, 0.05) is 0 Å². The molecule has 0 atom stereocenters.